The van der Waals surface area contributed by atoms with Crippen LogP contribution in [-0.2, 0) is 22.7 Å². The van der Waals surface area contributed by atoms with Crippen LogP contribution >= 0.6 is 11.6 Å². The lowest BCUT2D eigenvalue weighted by Gasteiger charge is -2.22. The van der Waals surface area contributed by atoms with Crippen molar-refractivity contribution >= 4 is 34.8 Å². The van der Waals surface area contributed by atoms with E-state index in [0.29, 0.717) is 23.8 Å². The van der Waals surface area contributed by atoms with E-state index in [0.717, 1.165) is 28.2 Å². The molecule has 35 heavy (non-hydrogen) atoms. The van der Waals surface area contributed by atoms with Crippen molar-refractivity contribution in [2.24, 2.45) is 5.41 Å². The largest absolute Gasteiger partial charge is 0.352 e. The minimum Gasteiger partial charge on any atom is -0.352 e. The number of anilines is 2. The van der Waals surface area contributed by atoms with Gasteiger partial charge < -0.3 is 5.32 Å². The predicted octanol–water partition coefficient (Wildman–Crippen LogP) is 4.14. The molecule has 3 aromatic rings. The molecule has 0 atom stereocenters. The van der Waals surface area contributed by atoms with Gasteiger partial charge in [0.05, 0.1) is 28.6 Å². The Morgan fingerprint density at radius 2 is 1.77 bits per heavy atom. The van der Waals surface area contributed by atoms with Crippen molar-refractivity contribution in [3.05, 3.63) is 76.1 Å². The minimum atomic E-state index is -0.478. The molecule has 1 aliphatic heterocycles. The number of nitrogens with one attached hydrogen (secondary N) is 2. The first-order chi connectivity index (χ1) is 16.5. The second kappa shape index (κ2) is 9.71. The number of benzene rings is 2. The Hall–Kier alpha value is -3.36. The molecule has 1 fully saturated rings. The first-order valence-electron chi connectivity index (χ1n) is 11.5. The summed E-state index contributed by atoms with van der Waals surface area (Å²) >= 11 is 6.43. The maximum Gasteiger partial charge on any atom is 0.264 e. The van der Waals surface area contributed by atoms with Crippen LogP contribution in [0, 0.1) is 19.3 Å². The number of amides is 2. The van der Waals surface area contributed by atoms with Crippen molar-refractivity contribution in [3.63, 3.8) is 0 Å². The number of carbonyl (C=O) groups excluding carboxylic acids is 2. The number of hydrogen-bond acceptors (Lipinski definition) is 5. The van der Waals surface area contributed by atoms with E-state index in [9.17, 15) is 9.59 Å². The monoisotopic (exact) mass is 494 g/mol. The van der Waals surface area contributed by atoms with Crippen molar-refractivity contribution in [2.45, 2.75) is 47.7 Å². The molecule has 2 aromatic carbocycles. The highest BCUT2D eigenvalue weighted by Crippen LogP contribution is 2.29. The standard InChI is InChI=1S/C26H31ClN6O2/c1-17-12-18(2)31(29-17)15-19-6-9-21(10-7-19)32-16-24(34)33(30-32)23-13-20(8-11-22(23)27)14-28-25(35)26(3,4)5/h6-13,30H,14-16H2,1-5H3,(H,28,35). The predicted molar refractivity (Wildman–Crippen MR) is 138 cm³/mol. The van der Waals surface area contributed by atoms with E-state index in [-0.39, 0.29) is 18.4 Å². The molecule has 1 aromatic heterocycles. The van der Waals surface area contributed by atoms with Gasteiger partial charge in [0.1, 0.15) is 6.54 Å². The van der Waals surface area contributed by atoms with Crippen molar-refractivity contribution in [1.82, 2.24) is 20.6 Å². The fraction of sp³-hybridized carbons (Fsp3) is 0.346. The van der Waals surface area contributed by atoms with E-state index in [4.69, 9.17) is 11.6 Å². The molecule has 0 bridgehead atoms. The number of hydrazine groups is 2. The molecule has 0 unspecified atom stereocenters. The lowest BCUT2D eigenvalue weighted by molar-refractivity contribution is -0.128. The normalized spacial score (nSPS) is 14.1. The van der Waals surface area contributed by atoms with Crippen LogP contribution in [0.1, 0.15) is 43.3 Å². The van der Waals surface area contributed by atoms with Crippen LogP contribution in [-0.4, -0.2) is 28.1 Å². The van der Waals surface area contributed by atoms with Gasteiger partial charge in [-0.05, 0) is 55.3 Å². The Labute approximate surface area is 210 Å². The molecular formula is C26H31ClN6O2. The van der Waals surface area contributed by atoms with Crippen LogP contribution < -0.4 is 20.9 Å². The first-order valence-corrected chi connectivity index (χ1v) is 11.9. The van der Waals surface area contributed by atoms with Gasteiger partial charge in [0.2, 0.25) is 5.91 Å². The van der Waals surface area contributed by atoms with Crippen molar-refractivity contribution in [3.8, 4) is 0 Å². The molecular weight excluding hydrogens is 464 g/mol. The molecule has 2 N–H and O–H groups in total. The van der Waals surface area contributed by atoms with Crippen LogP contribution in [0.2, 0.25) is 5.02 Å². The van der Waals surface area contributed by atoms with E-state index in [1.165, 1.54) is 5.01 Å². The Kier molecular flexibility index (Phi) is 6.87. The average Bonchev–Trinajstić information content (AvgIpc) is 3.33. The van der Waals surface area contributed by atoms with Gasteiger partial charge in [-0.3, -0.25) is 19.3 Å². The lowest BCUT2D eigenvalue weighted by atomic mass is 9.95. The van der Waals surface area contributed by atoms with Crippen molar-refractivity contribution in [2.75, 3.05) is 16.6 Å². The van der Waals surface area contributed by atoms with E-state index < -0.39 is 5.41 Å². The number of rotatable bonds is 6. The summed E-state index contributed by atoms with van der Waals surface area (Å²) in [7, 11) is 0. The summed E-state index contributed by atoms with van der Waals surface area (Å²) in [6.45, 7) is 10.8. The van der Waals surface area contributed by atoms with Gasteiger partial charge >= 0.3 is 0 Å². The number of hydrogen-bond donors (Lipinski definition) is 2. The molecule has 4 rings (SSSR count). The van der Waals surface area contributed by atoms with Gasteiger partial charge in [-0.25, -0.2) is 5.01 Å². The zero-order valence-corrected chi connectivity index (χ0v) is 21.5. The molecule has 8 nitrogen and oxygen atoms in total. The summed E-state index contributed by atoms with van der Waals surface area (Å²) in [5, 5.41) is 11.1. The zero-order valence-electron chi connectivity index (χ0n) is 20.7. The van der Waals surface area contributed by atoms with E-state index in [2.05, 4.69) is 22.0 Å². The van der Waals surface area contributed by atoms with Crippen LogP contribution in [0.15, 0.2) is 48.5 Å². The molecule has 0 aliphatic carbocycles. The Morgan fingerprint density at radius 1 is 1.09 bits per heavy atom. The molecule has 9 heteroatoms. The van der Waals surface area contributed by atoms with Crippen LogP contribution in [0.3, 0.4) is 0 Å². The van der Waals surface area contributed by atoms with Gasteiger partial charge in [0.25, 0.3) is 5.91 Å². The van der Waals surface area contributed by atoms with Crippen LogP contribution in [0.5, 0.6) is 0 Å². The third kappa shape index (κ3) is 5.66. The van der Waals surface area contributed by atoms with Gasteiger partial charge in [0, 0.05) is 17.7 Å². The second-order valence-electron chi connectivity index (χ2n) is 9.88. The SMILES string of the molecule is Cc1cc(C)n(Cc2ccc(N3CC(=O)N(c4cc(CNC(=O)C(C)(C)C)ccc4Cl)N3)cc2)n1. The van der Waals surface area contributed by atoms with Gasteiger partial charge in [0.15, 0.2) is 0 Å². The lowest BCUT2D eigenvalue weighted by Crippen LogP contribution is -2.41. The summed E-state index contributed by atoms with van der Waals surface area (Å²) in [6.07, 6.45) is 0. The Bertz CT molecular complexity index is 1250. The second-order valence-corrected chi connectivity index (χ2v) is 10.3. The van der Waals surface area contributed by atoms with Gasteiger partial charge in [-0.15, -0.1) is 5.53 Å². The van der Waals surface area contributed by atoms with Crippen LogP contribution in [0.4, 0.5) is 11.4 Å². The zero-order chi connectivity index (χ0) is 25.3. The first kappa shape index (κ1) is 24.8. The van der Waals surface area contributed by atoms with E-state index in [1.54, 1.807) is 11.1 Å². The highest BCUT2D eigenvalue weighted by Gasteiger charge is 2.30. The van der Waals surface area contributed by atoms with Gasteiger partial charge in [-0.1, -0.05) is 50.6 Å². The molecule has 1 saturated heterocycles. The molecule has 1 aliphatic rings. The number of nitrogens with zero attached hydrogens (tertiary/aromatic N) is 4. The summed E-state index contributed by atoms with van der Waals surface area (Å²) in [5.74, 6) is -0.175. The number of carbonyl (C=O) groups is 2. The highest BCUT2D eigenvalue weighted by atomic mass is 35.5. The molecule has 2 amide bonds. The molecule has 2 heterocycles. The van der Waals surface area contributed by atoms with Crippen molar-refractivity contribution in [1.29, 1.82) is 0 Å². The number of aromatic nitrogens is 2. The maximum absolute atomic E-state index is 12.8. The quantitative estimate of drug-likeness (QED) is 0.538. The van der Waals surface area contributed by atoms with Crippen LogP contribution in [0.25, 0.3) is 0 Å². The fourth-order valence-electron chi connectivity index (χ4n) is 3.83. The molecule has 0 radical (unpaired) electrons. The maximum atomic E-state index is 12.8. The summed E-state index contributed by atoms with van der Waals surface area (Å²) in [5.41, 5.74) is 8.16. The summed E-state index contributed by atoms with van der Waals surface area (Å²) in [6, 6.07) is 15.5. The molecule has 0 saturated carbocycles. The average molecular weight is 495 g/mol. The highest BCUT2D eigenvalue weighted by molar-refractivity contribution is 6.33. The number of halogens is 1. The minimum absolute atomic E-state index is 0.0446. The summed E-state index contributed by atoms with van der Waals surface area (Å²) < 4.78 is 1.97. The smallest absolute Gasteiger partial charge is 0.264 e. The third-order valence-electron chi connectivity index (χ3n) is 5.83. The van der Waals surface area contributed by atoms with Crippen molar-refractivity contribution < 1.29 is 9.59 Å². The Balaban J connectivity index is 1.45. The van der Waals surface area contributed by atoms with Gasteiger partial charge in [-0.2, -0.15) is 5.10 Å². The Morgan fingerprint density at radius 3 is 2.40 bits per heavy atom. The summed E-state index contributed by atoms with van der Waals surface area (Å²) in [4.78, 5) is 25.1. The fourth-order valence-corrected chi connectivity index (χ4v) is 4.03. The van der Waals surface area contributed by atoms with E-state index >= 15 is 0 Å². The third-order valence-corrected chi connectivity index (χ3v) is 6.15. The van der Waals surface area contributed by atoms with E-state index in [1.807, 2.05) is 75.7 Å². The topological polar surface area (TPSA) is 82.5 Å². The number of aryl methyl sites for hydroxylation is 2. The molecule has 0 spiro atoms. The molecule has 184 valence electrons.